The van der Waals surface area contributed by atoms with Gasteiger partial charge >= 0.3 is 0 Å². The van der Waals surface area contributed by atoms with Crippen molar-refractivity contribution >= 4 is 21.0 Å². The Bertz CT molecular complexity index is 1010. The normalized spacial score (nSPS) is 17.2. The van der Waals surface area contributed by atoms with Crippen molar-refractivity contribution < 1.29 is 12.9 Å². The van der Waals surface area contributed by atoms with Crippen LogP contribution in [0.4, 0.5) is 0 Å². The zero-order valence-corrected chi connectivity index (χ0v) is 15.6. The molecule has 0 radical (unpaired) electrons. The van der Waals surface area contributed by atoms with Crippen molar-refractivity contribution in [3.8, 4) is 0 Å². The number of nitrogens with zero attached hydrogens (tertiary/aromatic N) is 4. The first-order valence-corrected chi connectivity index (χ1v) is 9.98. The Morgan fingerprint density at radius 2 is 1.88 bits per heavy atom. The van der Waals surface area contributed by atoms with Crippen molar-refractivity contribution in [2.75, 3.05) is 26.2 Å². The molecule has 1 N–H and O–H groups in total. The lowest BCUT2D eigenvalue weighted by Crippen LogP contribution is -2.48. The number of hydrogen-bond donors (Lipinski definition) is 1. The maximum absolute atomic E-state index is 12.9. The van der Waals surface area contributed by atoms with E-state index in [2.05, 4.69) is 20.3 Å². The minimum absolute atomic E-state index is 0.299. The molecule has 0 spiro atoms. The van der Waals surface area contributed by atoms with Crippen molar-refractivity contribution in [2.45, 2.75) is 25.3 Å². The zero-order chi connectivity index (χ0) is 18.3. The van der Waals surface area contributed by atoms with Crippen LogP contribution in [0.1, 0.15) is 17.1 Å². The molecule has 0 atom stereocenters. The van der Waals surface area contributed by atoms with Crippen LogP contribution in [0, 0.1) is 13.8 Å². The van der Waals surface area contributed by atoms with Crippen LogP contribution in [0.25, 0.3) is 11.0 Å². The molecule has 4 rings (SSSR count). The molecule has 138 valence electrons. The van der Waals surface area contributed by atoms with Crippen LogP contribution in [0.3, 0.4) is 0 Å². The predicted octanol–water partition coefficient (Wildman–Crippen LogP) is 1.67. The molecule has 2 aromatic heterocycles. The quantitative estimate of drug-likeness (QED) is 0.745. The first-order chi connectivity index (χ1) is 12.5. The third-order valence-corrected chi connectivity index (χ3v) is 6.98. The number of piperazine rings is 1. The van der Waals surface area contributed by atoms with E-state index >= 15 is 0 Å². The summed E-state index contributed by atoms with van der Waals surface area (Å²) in [6.07, 6.45) is 0. The molecule has 26 heavy (non-hydrogen) atoms. The monoisotopic (exact) mass is 375 g/mol. The van der Waals surface area contributed by atoms with Gasteiger partial charge in [0.15, 0.2) is 5.58 Å². The molecule has 1 saturated heterocycles. The summed E-state index contributed by atoms with van der Waals surface area (Å²) in [5.74, 6) is 0. The Labute approximate surface area is 151 Å². The fourth-order valence-electron chi connectivity index (χ4n) is 3.44. The number of sulfonamides is 1. The second-order valence-electron chi connectivity index (χ2n) is 6.57. The molecule has 1 fully saturated rings. The highest BCUT2D eigenvalue weighted by Crippen LogP contribution is 2.24. The zero-order valence-electron chi connectivity index (χ0n) is 14.8. The van der Waals surface area contributed by atoms with Gasteiger partial charge in [-0.3, -0.25) is 10.00 Å². The summed E-state index contributed by atoms with van der Waals surface area (Å²) in [4.78, 5) is 2.50. The van der Waals surface area contributed by atoms with Crippen molar-refractivity contribution in [1.29, 1.82) is 0 Å². The molecule has 3 aromatic rings. The van der Waals surface area contributed by atoms with Gasteiger partial charge in [0.05, 0.1) is 11.4 Å². The molecule has 0 unspecified atom stereocenters. The van der Waals surface area contributed by atoms with Crippen LogP contribution in [0.15, 0.2) is 33.7 Å². The molecule has 3 heterocycles. The van der Waals surface area contributed by atoms with E-state index in [0.29, 0.717) is 49.0 Å². The van der Waals surface area contributed by atoms with Gasteiger partial charge in [0, 0.05) is 38.1 Å². The smallest absolute Gasteiger partial charge is 0.246 e. The summed E-state index contributed by atoms with van der Waals surface area (Å²) < 4.78 is 32.7. The molecule has 1 aromatic carbocycles. The van der Waals surface area contributed by atoms with Crippen LogP contribution in [0.2, 0.25) is 0 Å². The number of rotatable bonds is 4. The number of H-pyrrole nitrogens is 1. The average molecular weight is 375 g/mol. The topological polar surface area (TPSA) is 95.3 Å². The second kappa shape index (κ2) is 6.49. The Morgan fingerprint density at radius 1 is 1.15 bits per heavy atom. The number of fused-ring (bicyclic) bond motifs is 1. The van der Waals surface area contributed by atoms with Crippen molar-refractivity contribution in [2.24, 2.45) is 0 Å². The summed E-state index contributed by atoms with van der Waals surface area (Å²) in [5, 5.41) is 11.9. The van der Waals surface area contributed by atoms with Gasteiger partial charge < -0.3 is 4.52 Å². The van der Waals surface area contributed by atoms with E-state index in [1.165, 1.54) is 4.31 Å². The van der Waals surface area contributed by atoms with E-state index in [9.17, 15) is 8.42 Å². The Kier molecular flexibility index (Phi) is 4.29. The molecule has 1 aliphatic heterocycles. The van der Waals surface area contributed by atoms with E-state index in [1.54, 1.807) is 13.8 Å². The highest BCUT2D eigenvalue weighted by atomic mass is 32.2. The lowest BCUT2D eigenvalue weighted by molar-refractivity contribution is 0.178. The van der Waals surface area contributed by atoms with E-state index in [-0.39, 0.29) is 0 Å². The lowest BCUT2D eigenvalue weighted by atomic mass is 10.2. The van der Waals surface area contributed by atoms with E-state index in [4.69, 9.17) is 4.52 Å². The molecule has 1 aliphatic rings. The van der Waals surface area contributed by atoms with E-state index in [0.717, 1.165) is 16.7 Å². The number of benzene rings is 1. The maximum Gasteiger partial charge on any atom is 0.246 e. The predicted molar refractivity (Wildman–Crippen MR) is 96.1 cm³/mol. The molecule has 0 aliphatic carbocycles. The molecular weight excluding hydrogens is 354 g/mol. The summed E-state index contributed by atoms with van der Waals surface area (Å²) >= 11 is 0. The maximum atomic E-state index is 12.9. The number of nitrogens with one attached hydrogen (secondary N) is 1. The summed E-state index contributed by atoms with van der Waals surface area (Å²) in [6.45, 7) is 6.28. The van der Waals surface area contributed by atoms with Crippen LogP contribution in [0.5, 0.6) is 0 Å². The number of para-hydroxylation sites is 1. The van der Waals surface area contributed by atoms with Gasteiger partial charge in [-0.1, -0.05) is 17.3 Å². The molecular formula is C17H21N5O3S. The second-order valence-corrected chi connectivity index (χ2v) is 8.44. The molecule has 8 nitrogen and oxygen atoms in total. The number of hydrogen-bond acceptors (Lipinski definition) is 6. The standard InChI is InChI=1S/C17H21N5O3S/c1-12-17(13(2)19-18-12)26(23,24)22-9-7-21(8-10-22)11-15-14-5-3-4-6-16(14)25-20-15/h3-6H,7-11H2,1-2H3,(H,18,19). The highest BCUT2D eigenvalue weighted by Gasteiger charge is 2.32. The van der Waals surface area contributed by atoms with Gasteiger partial charge in [-0.25, -0.2) is 8.42 Å². The molecule has 0 saturated carbocycles. The lowest BCUT2D eigenvalue weighted by Gasteiger charge is -2.33. The van der Waals surface area contributed by atoms with Gasteiger partial charge in [0.25, 0.3) is 0 Å². The third-order valence-electron chi connectivity index (χ3n) is 4.82. The number of aromatic nitrogens is 3. The summed E-state index contributed by atoms with van der Waals surface area (Å²) in [6, 6.07) is 7.77. The van der Waals surface area contributed by atoms with Crippen LogP contribution in [-0.4, -0.2) is 59.2 Å². The van der Waals surface area contributed by atoms with E-state index < -0.39 is 10.0 Å². The van der Waals surface area contributed by atoms with Gasteiger partial charge in [0.2, 0.25) is 10.0 Å². The number of aryl methyl sites for hydroxylation is 2. The van der Waals surface area contributed by atoms with Crippen LogP contribution >= 0.6 is 0 Å². The summed E-state index contributed by atoms with van der Waals surface area (Å²) in [5.41, 5.74) is 2.76. The fraction of sp³-hybridized carbons (Fsp3) is 0.412. The largest absolute Gasteiger partial charge is 0.356 e. The molecule has 9 heteroatoms. The average Bonchev–Trinajstić information content (AvgIpc) is 3.19. The minimum Gasteiger partial charge on any atom is -0.356 e. The first kappa shape index (κ1) is 17.2. The highest BCUT2D eigenvalue weighted by molar-refractivity contribution is 7.89. The van der Waals surface area contributed by atoms with Crippen molar-refractivity contribution in [1.82, 2.24) is 24.6 Å². The summed E-state index contributed by atoms with van der Waals surface area (Å²) in [7, 11) is -3.52. The van der Waals surface area contributed by atoms with Crippen molar-refractivity contribution in [3.63, 3.8) is 0 Å². The van der Waals surface area contributed by atoms with Crippen molar-refractivity contribution in [3.05, 3.63) is 41.3 Å². The third kappa shape index (κ3) is 2.91. The Morgan fingerprint density at radius 3 is 2.58 bits per heavy atom. The Hall–Kier alpha value is -2.23. The Balaban J connectivity index is 1.46. The number of aromatic amines is 1. The van der Waals surface area contributed by atoms with Gasteiger partial charge in [-0.15, -0.1) is 0 Å². The van der Waals surface area contributed by atoms with Gasteiger partial charge in [-0.05, 0) is 26.0 Å². The van der Waals surface area contributed by atoms with Gasteiger partial charge in [-0.2, -0.15) is 9.40 Å². The SMILES string of the molecule is Cc1n[nH]c(C)c1S(=O)(=O)N1CCN(Cc2noc3ccccc23)CC1. The molecule has 0 bridgehead atoms. The minimum atomic E-state index is -3.52. The fourth-order valence-corrected chi connectivity index (χ4v) is 5.20. The van der Waals surface area contributed by atoms with Gasteiger partial charge in [0.1, 0.15) is 10.6 Å². The first-order valence-electron chi connectivity index (χ1n) is 8.54. The van der Waals surface area contributed by atoms with E-state index in [1.807, 2.05) is 24.3 Å². The molecule has 0 amide bonds. The van der Waals surface area contributed by atoms with Crippen LogP contribution in [-0.2, 0) is 16.6 Å². The van der Waals surface area contributed by atoms with Crippen LogP contribution < -0.4 is 0 Å².